The van der Waals surface area contributed by atoms with Crippen LogP contribution in [-0.4, -0.2) is 34.0 Å². The van der Waals surface area contributed by atoms with Gasteiger partial charge in [-0.1, -0.05) is 12.1 Å². The molecule has 0 atom stereocenters. The van der Waals surface area contributed by atoms with Crippen LogP contribution >= 0.6 is 0 Å². The predicted molar refractivity (Wildman–Crippen MR) is 88.4 cm³/mol. The van der Waals surface area contributed by atoms with Crippen molar-refractivity contribution in [2.45, 2.75) is 13.5 Å². The lowest BCUT2D eigenvalue weighted by atomic mass is 10.1. The van der Waals surface area contributed by atoms with E-state index in [1.54, 1.807) is 30.3 Å². The summed E-state index contributed by atoms with van der Waals surface area (Å²) in [5.74, 6) is -0.212. The number of benzene rings is 1. The lowest BCUT2D eigenvalue weighted by Crippen LogP contribution is -2.29. The Morgan fingerprint density at radius 2 is 1.96 bits per heavy atom. The molecular weight excluding hydrogens is 293 g/mol. The van der Waals surface area contributed by atoms with Gasteiger partial charge in [-0.2, -0.15) is 0 Å². The van der Waals surface area contributed by atoms with Gasteiger partial charge in [0.1, 0.15) is 12.4 Å². The predicted octanol–water partition coefficient (Wildman–Crippen LogP) is 3.32. The maximum absolute atomic E-state index is 13.1. The van der Waals surface area contributed by atoms with E-state index >= 15 is 0 Å². The maximum Gasteiger partial charge on any atom is 0.242 e. The van der Waals surface area contributed by atoms with Gasteiger partial charge in [-0.3, -0.25) is 9.78 Å². The average molecular weight is 311 g/mol. The second-order valence-electron chi connectivity index (χ2n) is 5.49. The van der Waals surface area contributed by atoms with Gasteiger partial charge in [0.2, 0.25) is 5.91 Å². The minimum absolute atomic E-state index is 0.0529. The Morgan fingerprint density at radius 3 is 2.65 bits per heavy atom. The first-order valence-electron chi connectivity index (χ1n) is 7.53. The number of likely N-dealkylation sites (N-methyl/N-ethyl adjacent to an activating group) is 1. The maximum atomic E-state index is 13.1. The molecule has 1 aromatic carbocycles. The van der Waals surface area contributed by atoms with Gasteiger partial charge in [0, 0.05) is 31.5 Å². The van der Waals surface area contributed by atoms with Crippen molar-refractivity contribution in [3.05, 3.63) is 54.6 Å². The Labute approximate surface area is 134 Å². The summed E-state index contributed by atoms with van der Waals surface area (Å²) in [6, 6.07) is 10.2. The van der Waals surface area contributed by atoms with E-state index in [1.165, 1.54) is 12.1 Å². The molecular formula is C18H18FN3O. The van der Waals surface area contributed by atoms with Crippen molar-refractivity contribution < 1.29 is 9.18 Å². The Balaban J connectivity index is 1.97. The highest BCUT2D eigenvalue weighted by atomic mass is 19.1. The number of nitrogens with zero attached hydrogens (tertiary/aromatic N) is 3. The van der Waals surface area contributed by atoms with E-state index in [1.807, 2.05) is 29.8 Å². The molecule has 0 aliphatic rings. The highest BCUT2D eigenvalue weighted by molar-refractivity contribution is 5.84. The van der Waals surface area contributed by atoms with Crippen LogP contribution < -0.4 is 0 Å². The third kappa shape index (κ3) is 3.08. The Hall–Kier alpha value is -2.69. The van der Waals surface area contributed by atoms with E-state index in [-0.39, 0.29) is 18.3 Å². The summed E-state index contributed by atoms with van der Waals surface area (Å²) in [5, 5.41) is 0. The number of hydrogen-bond donors (Lipinski definition) is 0. The van der Waals surface area contributed by atoms with E-state index < -0.39 is 0 Å². The molecule has 5 heteroatoms. The van der Waals surface area contributed by atoms with Crippen LogP contribution in [0.5, 0.6) is 0 Å². The molecule has 0 spiro atoms. The number of carbonyl (C=O) groups excluding carboxylic acids is 1. The minimum Gasteiger partial charge on any atom is -0.344 e. The molecule has 1 amide bonds. The summed E-state index contributed by atoms with van der Waals surface area (Å²) in [6.45, 7) is 2.90. The second-order valence-corrected chi connectivity index (χ2v) is 5.49. The van der Waals surface area contributed by atoms with Crippen molar-refractivity contribution in [1.82, 2.24) is 14.5 Å². The van der Waals surface area contributed by atoms with Crippen molar-refractivity contribution in [3.8, 4) is 11.1 Å². The molecule has 0 radical (unpaired) electrons. The van der Waals surface area contributed by atoms with Crippen LogP contribution in [0.2, 0.25) is 0 Å². The van der Waals surface area contributed by atoms with E-state index in [0.29, 0.717) is 6.54 Å². The van der Waals surface area contributed by atoms with Gasteiger partial charge < -0.3 is 9.47 Å². The summed E-state index contributed by atoms with van der Waals surface area (Å²) in [7, 11) is 1.79. The van der Waals surface area contributed by atoms with Gasteiger partial charge >= 0.3 is 0 Å². The van der Waals surface area contributed by atoms with Crippen LogP contribution in [0.1, 0.15) is 6.92 Å². The number of aromatic nitrogens is 2. The zero-order chi connectivity index (χ0) is 16.4. The normalized spacial score (nSPS) is 10.9. The number of hydrogen-bond acceptors (Lipinski definition) is 2. The lowest BCUT2D eigenvalue weighted by molar-refractivity contribution is -0.130. The molecule has 118 valence electrons. The van der Waals surface area contributed by atoms with Crippen LogP contribution in [0.3, 0.4) is 0 Å². The molecule has 3 aromatic rings. The molecule has 0 aliphatic heterocycles. The molecule has 4 nitrogen and oxygen atoms in total. The van der Waals surface area contributed by atoms with Gasteiger partial charge in [-0.25, -0.2) is 4.39 Å². The molecule has 2 heterocycles. The number of amides is 1. The summed E-state index contributed by atoms with van der Waals surface area (Å²) in [5.41, 5.74) is 3.52. The van der Waals surface area contributed by atoms with E-state index in [0.717, 1.165) is 22.2 Å². The molecule has 0 unspecified atom stereocenters. The molecule has 0 bridgehead atoms. The van der Waals surface area contributed by atoms with Crippen LogP contribution in [0.4, 0.5) is 4.39 Å². The van der Waals surface area contributed by atoms with Crippen LogP contribution in [0.15, 0.2) is 48.8 Å². The van der Waals surface area contributed by atoms with Gasteiger partial charge in [-0.05, 0) is 36.8 Å². The van der Waals surface area contributed by atoms with Crippen LogP contribution in [-0.2, 0) is 11.3 Å². The summed E-state index contributed by atoms with van der Waals surface area (Å²) >= 11 is 0. The van der Waals surface area contributed by atoms with Crippen molar-refractivity contribution in [3.63, 3.8) is 0 Å². The number of fused-ring (bicyclic) bond motifs is 1. The zero-order valence-electron chi connectivity index (χ0n) is 13.2. The van der Waals surface area contributed by atoms with Gasteiger partial charge in [-0.15, -0.1) is 0 Å². The molecule has 0 saturated carbocycles. The second kappa shape index (κ2) is 6.20. The largest absolute Gasteiger partial charge is 0.344 e. The standard InChI is InChI=1S/C18H18FN3O/c1-3-21(2)18(23)12-22-9-8-16-17(22)10-14(11-20-16)13-4-6-15(19)7-5-13/h4-11H,3,12H2,1-2H3. The third-order valence-corrected chi connectivity index (χ3v) is 4.00. The molecule has 0 N–H and O–H groups in total. The highest BCUT2D eigenvalue weighted by Gasteiger charge is 2.11. The Morgan fingerprint density at radius 1 is 1.22 bits per heavy atom. The van der Waals surface area contributed by atoms with Gasteiger partial charge in [0.15, 0.2) is 0 Å². The first-order valence-corrected chi connectivity index (χ1v) is 7.53. The molecule has 0 aliphatic carbocycles. The minimum atomic E-state index is -0.264. The molecule has 23 heavy (non-hydrogen) atoms. The molecule has 0 saturated heterocycles. The van der Waals surface area contributed by atoms with Gasteiger partial charge in [0.05, 0.1) is 11.0 Å². The average Bonchev–Trinajstić information content (AvgIpc) is 2.97. The SMILES string of the molecule is CCN(C)C(=O)Cn1ccc2ncc(-c3ccc(F)cc3)cc21. The molecule has 0 fully saturated rings. The van der Waals surface area contributed by atoms with E-state index in [4.69, 9.17) is 0 Å². The van der Waals surface area contributed by atoms with Crippen molar-refractivity contribution in [2.75, 3.05) is 13.6 Å². The zero-order valence-corrected chi connectivity index (χ0v) is 13.2. The third-order valence-electron chi connectivity index (χ3n) is 4.00. The molecule has 3 rings (SSSR count). The number of carbonyl (C=O) groups is 1. The number of pyridine rings is 1. The molecule has 2 aromatic heterocycles. The first kappa shape index (κ1) is 15.2. The summed E-state index contributed by atoms with van der Waals surface area (Å²) in [4.78, 5) is 18.2. The van der Waals surface area contributed by atoms with Crippen molar-refractivity contribution in [2.24, 2.45) is 0 Å². The van der Waals surface area contributed by atoms with Crippen molar-refractivity contribution in [1.29, 1.82) is 0 Å². The van der Waals surface area contributed by atoms with E-state index in [2.05, 4.69) is 4.98 Å². The Bertz CT molecular complexity index is 839. The summed E-state index contributed by atoms with van der Waals surface area (Å²) < 4.78 is 15.0. The van der Waals surface area contributed by atoms with E-state index in [9.17, 15) is 9.18 Å². The summed E-state index contributed by atoms with van der Waals surface area (Å²) in [6.07, 6.45) is 3.63. The number of rotatable bonds is 4. The monoisotopic (exact) mass is 311 g/mol. The fourth-order valence-corrected chi connectivity index (χ4v) is 2.44. The fourth-order valence-electron chi connectivity index (χ4n) is 2.44. The fraction of sp³-hybridized carbons (Fsp3) is 0.222. The van der Waals surface area contributed by atoms with Crippen LogP contribution in [0, 0.1) is 5.82 Å². The first-order chi connectivity index (χ1) is 11.1. The lowest BCUT2D eigenvalue weighted by Gasteiger charge is -2.15. The smallest absolute Gasteiger partial charge is 0.242 e. The highest BCUT2D eigenvalue weighted by Crippen LogP contribution is 2.23. The quantitative estimate of drug-likeness (QED) is 0.741. The number of halogens is 1. The van der Waals surface area contributed by atoms with Gasteiger partial charge in [0.25, 0.3) is 0 Å². The Kier molecular flexibility index (Phi) is 4.10. The van der Waals surface area contributed by atoms with Crippen molar-refractivity contribution >= 4 is 16.9 Å². The van der Waals surface area contributed by atoms with Crippen LogP contribution in [0.25, 0.3) is 22.2 Å². The topological polar surface area (TPSA) is 38.1 Å².